The number of hydrogen-bond acceptors (Lipinski definition) is 5. The molecule has 1 aromatic carbocycles. The summed E-state index contributed by atoms with van der Waals surface area (Å²) in [5.74, 6) is 4.05. The number of aryl methyl sites for hydroxylation is 1. The molecular weight excluding hydrogens is 479 g/mol. The number of likely N-dealkylation sites (N-methyl/N-ethyl adjacent to an activating group) is 1. The number of benzene rings is 1. The predicted molar refractivity (Wildman–Crippen MR) is 148 cm³/mol. The van der Waals surface area contributed by atoms with Crippen molar-refractivity contribution in [3.63, 3.8) is 0 Å². The Labute approximate surface area is 227 Å². The second kappa shape index (κ2) is 12.0. The van der Waals surface area contributed by atoms with Crippen LogP contribution in [0, 0.1) is 36.4 Å². The highest BCUT2D eigenvalue weighted by atomic mass is 19.1. The van der Waals surface area contributed by atoms with E-state index in [1.54, 1.807) is 12.1 Å². The molecule has 0 bridgehead atoms. The molecule has 1 aromatic heterocycles. The summed E-state index contributed by atoms with van der Waals surface area (Å²) in [5.41, 5.74) is 1.54. The van der Waals surface area contributed by atoms with Crippen LogP contribution >= 0.6 is 0 Å². The Hall–Kier alpha value is -2.70. The van der Waals surface area contributed by atoms with Gasteiger partial charge < -0.3 is 14.5 Å². The van der Waals surface area contributed by atoms with E-state index in [0.717, 1.165) is 74.5 Å². The maximum atomic E-state index is 14.8. The van der Waals surface area contributed by atoms with Crippen molar-refractivity contribution in [2.45, 2.75) is 77.7 Å². The van der Waals surface area contributed by atoms with Gasteiger partial charge >= 0.3 is 0 Å². The molecular formula is C31H43FN4O2. The summed E-state index contributed by atoms with van der Waals surface area (Å²) in [7, 11) is 1.87. The monoisotopic (exact) mass is 522 g/mol. The number of rotatable bonds is 9. The van der Waals surface area contributed by atoms with E-state index < -0.39 is 0 Å². The molecule has 1 amide bonds. The lowest BCUT2D eigenvalue weighted by molar-refractivity contribution is -0.132. The molecule has 3 aliphatic rings. The lowest BCUT2D eigenvalue weighted by Crippen LogP contribution is -2.40. The van der Waals surface area contributed by atoms with Crippen LogP contribution in [0.3, 0.4) is 0 Å². The van der Waals surface area contributed by atoms with Gasteiger partial charge in [0.2, 0.25) is 11.9 Å². The zero-order valence-corrected chi connectivity index (χ0v) is 23.2. The summed E-state index contributed by atoms with van der Waals surface area (Å²) < 4.78 is 20.7. The normalized spacial score (nSPS) is 25.7. The second-order valence-corrected chi connectivity index (χ2v) is 12.0. The van der Waals surface area contributed by atoms with E-state index in [4.69, 9.17) is 4.74 Å². The highest BCUT2D eigenvalue weighted by molar-refractivity contribution is 5.79. The van der Waals surface area contributed by atoms with Crippen molar-refractivity contribution >= 4 is 11.9 Å². The lowest BCUT2D eigenvalue weighted by Gasteiger charge is -2.33. The van der Waals surface area contributed by atoms with Crippen molar-refractivity contribution in [3.05, 3.63) is 47.5 Å². The molecule has 38 heavy (non-hydrogen) atoms. The van der Waals surface area contributed by atoms with Gasteiger partial charge in [-0.1, -0.05) is 13.0 Å². The third-order valence-electron chi connectivity index (χ3n) is 9.22. The molecule has 2 aliphatic carbocycles. The fourth-order valence-corrected chi connectivity index (χ4v) is 6.47. The number of nitrogens with zero attached hydrogens (tertiary/aromatic N) is 4. The molecule has 0 N–H and O–H groups in total. The maximum Gasteiger partial charge on any atom is 0.227 e. The number of anilines is 1. The molecule has 206 valence electrons. The fourth-order valence-electron chi connectivity index (χ4n) is 6.47. The topological polar surface area (TPSA) is 58.6 Å². The van der Waals surface area contributed by atoms with Gasteiger partial charge in [-0.05, 0) is 99.2 Å². The Morgan fingerprint density at radius 2 is 1.82 bits per heavy atom. The summed E-state index contributed by atoms with van der Waals surface area (Å²) in [6.07, 6.45) is 13.0. The van der Waals surface area contributed by atoms with Crippen LogP contribution in [0.15, 0.2) is 30.6 Å². The summed E-state index contributed by atoms with van der Waals surface area (Å²) in [6, 6.07) is 5.25. The molecule has 5 rings (SSSR count). The van der Waals surface area contributed by atoms with Gasteiger partial charge in [0.25, 0.3) is 0 Å². The van der Waals surface area contributed by atoms with Crippen LogP contribution in [0.25, 0.3) is 0 Å². The summed E-state index contributed by atoms with van der Waals surface area (Å²) in [4.78, 5) is 25.9. The highest BCUT2D eigenvalue weighted by Crippen LogP contribution is 2.49. The Morgan fingerprint density at radius 1 is 1.11 bits per heavy atom. The maximum absolute atomic E-state index is 14.8. The van der Waals surface area contributed by atoms with Crippen molar-refractivity contribution in [2.24, 2.45) is 23.7 Å². The first kappa shape index (κ1) is 26.9. The Balaban J connectivity index is 1.02. The van der Waals surface area contributed by atoms with E-state index in [0.29, 0.717) is 23.8 Å². The highest BCUT2D eigenvalue weighted by Gasteiger charge is 2.43. The van der Waals surface area contributed by atoms with E-state index in [9.17, 15) is 9.18 Å². The first-order chi connectivity index (χ1) is 18.4. The largest absolute Gasteiger partial charge is 0.493 e. The molecule has 1 aliphatic heterocycles. The SMILES string of the molecule is Cc1cnc(N2CCC([C@H]3C[C@H]3CCOc3ccc(CC(=O)N(C)C4CCC(C)CC4)c(F)c3)CC2)nc1. The molecule has 6 nitrogen and oxygen atoms in total. The van der Waals surface area contributed by atoms with E-state index in [1.165, 1.54) is 25.3 Å². The first-order valence-corrected chi connectivity index (χ1v) is 14.6. The zero-order chi connectivity index (χ0) is 26.6. The zero-order valence-electron chi connectivity index (χ0n) is 23.2. The van der Waals surface area contributed by atoms with Gasteiger partial charge in [-0.25, -0.2) is 14.4 Å². The average Bonchev–Trinajstić information content (AvgIpc) is 3.70. The molecule has 7 heteroatoms. The van der Waals surface area contributed by atoms with Crippen molar-refractivity contribution in [1.82, 2.24) is 14.9 Å². The van der Waals surface area contributed by atoms with Crippen molar-refractivity contribution in [3.8, 4) is 5.75 Å². The Bertz CT molecular complexity index is 1080. The number of aromatic nitrogens is 2. The van der Waals surface area contributed by atoms with E-state index in [1.807, 2.05) is 31.3 Å². The van der Waals surface area contributed by atoms with Crippen LogP contribution in [0.5, 0.6) is 5.75 Å². The number of amides is 1. The standard InChI is InChI=1S/C31H43FN4O2/c1-21-4-7-26(8-5-21)35(3)30(37)17-25-6-9-27(18-29(25)32)38-15-12-24-16-28(24)23-10-13-36(14-11-23)31-33-19-22(2)20-34-31/h6,9,18-21,23-24,26,28H,4-5,7-8,10-17H2,1-3H3/t21?,24-,26?,28-/m1/s1. The third-order valence-corrected chi connectivity index (χ3v) is 9.22. The van der Waals surface area contributed by atoms with E-state index in [-0.39, 0.29) is 24.2 Å². The van der Waals surface area contributed by atoms with Crippen LogP contribution in [0.4, 0.5) is 10.3 Å². The molecule has 1 saturated heterocycles. The molecule has 0 spiro atoms. The minimum absolute atomic E-state index is 0.00544. The number of carbonyl (C=O) groups excluding carboxylic acids is 1. The van der Waals surface area contributed by atoms with Crippen LogP contribution in [-0.4, -0.2) is 53.6 Å². The average molecular weight is 523 g/mol. The fraction of sp³-hybridized carbons (Fsp3) is 0.645. The van der Waals surface area contributed by atoms with Gasteiger partial charge in [0.1, 0.15) is 11.6 Å². The third kappa shape index (κ3) is 6.65. The molecule has 3 fully saturated rings. The molecule has 2 saturated carbocycles. The molecule has 0 unspecified atom stereocenters. The molecule has 0 radical (unpaired) electrons. The van der Waals surface area contributed by atoms with Crippen LogP contribution in [0.2, 0.25) is 0 Å². The van der Waals surface area contributed by atoms with E-state index in [2.05, 4.69) is 21.8 Å². The quantitative estimate of drug-likeness (QED) is 0.415. The number of piperidine rings is 1. The summed E-state index contributed by atoms with van der Waals surface area (Å²) >= 11 is 0. The van der Waals surface area contributed by atoms with Gasteiger partial charge in [-0.3, -0.25) is 4.79 Å². The summed E-state index contributed by atoms with van der Waals surface area (Å²) in [5, 5.41) is 0. The molecule has 2 heterocycles. The number of carbonyl (C=O) groups is 1. The van der Waals surface area contributed by atoms with E-state index >= 15 is 0 Å². The van der Waals surface area contributed by atoms with Crippen LogP contribution < -0.4 is 9.64 Å². The van der Waals surface area contributed by atoms with Gasteiger partial charge in [0.05, 0.1) is 13.0 Å². The smallest absolute Gasteiger partial charge is 0.227 e. The number of ether oxygens (including phenoxy) is 1. The lowest BCUT2D eigenvalue weighted by atomic mass is 9.86. The van der Waals surface area contributed by atoms with Crippen molar-refractivity contribution in [2.75, 3.05) is 31.6 Å². The van der Waals surface area contributed by atoms with Gasteiger partial charge in [-0.15, -0.1) is 0 Å². The van der Waals surface area contributed by atoms with Gasteiger partial charge in [0.15, 0.2) is 0 Å². The van der Waals surface area contributed by atoms with Crippen molar-refractivity contribution < 1.29 is 13.9 Å². The summed E-state index contributed by atoms with van der Waals surface area (Å²) in [6.45, 7) is 6.94. The first-order valence-electron chi connectivity index (χ1n) is 14.6. The molecule has 2 atom stereocenters. The van der Waals surface area contributed by atoms with Crippen LogP contribution in [-0.2, 0) is 11.2 Å². The predicted octanol–water partition coefficient (Wildman–Crippen LogP) is 5.83. The number of halogens is 1. The Morgan fingerprint density at radius 3 is 2.50 bits per heavy atom. The van der Waals surface area contributed by atoms with Gasteiger partial charge in [0, 0.05) is 44.6 Å². The van der Waals surface area contributed by atoms with Crippen molar-refractivity contribution in [1.29, 1.82) is 0 Å². The Kier molecular flexibility index (Phi) is 8.49. The number of hydrogen-bond donors (Lipinski definition) is 0. The second-order valence-electron chi connectivity index (χ2n) is 12.0. The minimum Gasteiger partial charge on any atom is -0.493 e. The minimum atomic E-state index is -0.352. The van der Waals surface area contributed by atoms with Crippen LogP contribution in [0.1, 0.15) is 69.4 Å². The molecule has 2 aromatic rings. The van der Waals surface area contributed by atoms with Gasteiger partial charge in [-0.2, -0.15) is 0 Å².